The highest BCUT2D eigenvalue weighted by molar-refractivity contribution is 6.37. The maximum absolute atomic E-state index is 12.5. The molecule has 0 spiro atoms. The summed E-state index contributed by atoms with van der Waals surface area (Å²) < 4.78 is 5.36. The summed E-state index contributed by atoms with van der Waals surface area (Å²) in [6.45, 7) is 1.77. The van der Waals surface area contributed by atoms with Crippen LogP contribution in [0.5, 0.6) is 5.75 Å². The number of halogens is 4. The van der Waals surface area contributed by atoms with E-state index in [0.717, 1.165) is 0 Å². The number of carbonyl (C=O) groups is 2. The third-order valence-corrected chi connectivity index (χ3v) is 5.08. The van der Waals surface area contributed by atoms with Crippen molar-refractivity contribution in [3.05, 3.63) is 91.4 Å². The second kappa shape index (κ2) is 9.06. The van der Waals surface area contributed by atoms with Crippen LogP contribution in [-0.4, -0.2) is 11.9 Å². The molecule has 0 saturated heterocycles. The summed E-state index contributed by atoms with van der Waals surface area (Å²) in [6, 6.07) is 13.9. The lowest BCUT2D eigenvalue weighted by atomic mass is 10.1. The maximum Gasteiger partial charge on any atom is 0.345 e. The molecule has 0 aromatic heterocycles. The van der Waals surface area contributed by atoms with Crippen molar-refractivity contribution in [1.82, 2.24) is 0 Å². The average molecular weight is 469 g/mol. The maximum atomic E-state index is 12.5. The lowest BCUT2D eigenvalue weighted by Gasteiger charge is -2.12. The van der Waals surface area contributed by atoms with Gasteiger partial charge in [-0.2, -0.15) is 0 Å². The van der Waals surface area contributed by atoms with Crippen molar-refractivity contribution in [2.24, 2.45) is 0 Å². The van der Waals surface area contributed by atoms with Gasteiger partial charge in [0.1, 0.15) is 5.75 Å². The molecule has 0 heterocycles. The highest BCUT2D eigenvalue weighted by Gasteiger charge is 2.15. The van der Waals surface area contributed by atoms with Gasteiger partial charge in [-0.3, -0.25) is 4.79 Å². The van der Waals surface area contributed by atoms with Crippen LogP contribution in [0.2, 0.25) is 20.1 Å². The van der Waals surface area contributed by atoms with Crippen LogP contribution in [0.4, 0.5) is 5.69 Å². The van der Waals surface area contributed by atoms with Crippen LogP contribution in [0.15, 0.2) is 54.6 Å². The monoisotopic (exact) mass is 467 g/mol. The summed E-state index contributed by atoms with van der Waals surface area (Å²) in [4.78, 5) is 24.8. The van der Waals surface area contributed by atoms with Gasteiger partial charge < -0.3 is 10.1 Å². The molecule has 4 nitrogen and oxygen atoms in total. The van der Waals surface area contributed by atoms with Gasteiger partial charge in [-0.25, -0.2) is 4.79 Å². The molecule has 0 radical (unpaired) electrons. The number of rotatable bonds is 4. The highest BCUT2D eigenvalue weighted by atomic mass is 35.5. The van der Waals surface area contributed by atoms with Gasteiger partial charge in [-0.1, -0.05) is 46.4 Å². The molecular weight excluding hydrogens is 456 g/mol. The van der Waals surface area contributed by atoms with E-state index in [1.165, 1.54) is 18.2 Å². The molecule has 0 bridgehead atoms. The lowest BCUT2D eigenvalue weighted by Crippen LogP contribution is -2.14. The molecular formula is C21H13Cl4NO3. The fraction of sp³-hybridized carbons (Fsp3) is 0.0476. The topological polar surface area (TPSA) is 55.4 Å². The third kappa shape index (κ3) is 5.22. The number of aryl methyl sites for hydroxylation is 1. The van der Waals surface area contributed by atoms with E-state index < -0.39 is 5.97 Å². The van der Waals surface area contributed by atoms with E-state index in [0.29, 0.717) is 32.6 Å². The number of benzene rings is 3. The van der Waals surface area contributed by atoms with Crippen molar-refractivity contribution in [2.45, 2.75) is 6.92 Å². The fourth-order valence-electron chi connectivity index (χ4n) is 2.52. The van der Waals surface area contributed by atoms with Crippen molar-refractivity contribution in [2.75, 3.05) is 5.32 Å². The summed E-state index contributed by atoms with van der Waals surface area (Å²) in [7, 11) is 0. The van der Waals surface area contributed by atoms with Gasteiger partial charge in [0.05, 0.1) is 21.2 Å². The molecule has 0 fully saturated rings. The van der Waals surface area contributed by atoms with Crippen molar-refractivity contribution in [3.8, 4) is 5.75 Å². The van der Waals surface area contributed by atoms with Gasteiger partial charge in [0.2, 0.25) is 0 Å². The molecule has 29 heavy (non-hydrogen) atoms. The van der Waals surface area contributed by atoms with Gasteiger partial charge in [-0.15, -0.1) is 0 Å². The van der Waals surface area contributed by atoms with Crippen molar-refractivity contribution < 1.29 is 14.3 Å². The van der Waals surface area contributed by atoms with Crippen LogP contribution >= 0.6 is 46.4 Å². The molecule has 0 saturated carbocycles. The van der Waals surface area contributed by atoms with Crippen molar-refractivity contribution >= 4 is 64.0 Å². The van der Waals surface area contributed by atoms with Gasteiger partial charge >= 0.3 is 5.97 Å². The summed E-state index contributed by atoms with van der Waals surface area (Å²) >= 11 is 23.8. The zero-order chi connectivity index (χ0) is 21.1. The normalized spacial score (nSPS) is 10.5. The Kier molecular flexibility index (Phi) is 6.70. The summed E-state index contributed by atoms with van der Waals surface area (Å²) in [6.07, 6.45) is 0. The van der Waals surface area contributed by atoms with Crippen molar-refractivity contribution in [3.63, 3.8) is 0 Å². The molecule has 1 amide bonds. The molecule has 3 aromatic carbocycles. The van der Waals surface area contributed by atoms with E-state index in [1.54, 1.807) is 43.3 Å². The number of nitrogens with one attached hydrogen (secondary N) is 1. The Morgan fingerprint density at radius 3 is 1.93 bits per heavy atom. The first-order valence-electron chi connectivity index (χ1n) is 8.29. The zero-order valence-corrected chi connectivity index (χ0v) is 18.0. The molecule has 3 aromatic rings. The molecule has 0 aliphatic rings. The Morgan fingerprint density at radius 1 is 0.793 bits per heavy atom. The minimum atomic E-state index is -0.615. The van der Waals surface area contributed by atoms with Crippen LogP contribution in [0, 0.1) is 6.92 Å². The van der Waals surface area contributed by atoms with Gasteiger partial charge in [-0.05, 0) is 67.1 Å². The van der Waals surface area contributed by atoms with E-state index in [2.05, 4.69) is 5.32 Å². The van der Waals surface area contributed by atoms with E-state index in [9.17, 15) is 9.59 Å². The standard InChI is InChI=1S/C21H13Cl4NO3/c1-11-8-14(29-21(28)16-6-3-13(23)10-18(16)25)4-7-19(11)26-20(27)15-5-2-12(22)9-17(15)24/h2-10H,1H3,(H,26,27). The van der Waals surface area contributed by atoms with E-state index in [-0.39, 0.29) is 21.5 Å². The Bertz CT molecular complexity index is 1120. The Hall–Kier alpha value is -2.24. The molecule has 0 aliphatic heterocycles. The van der Waals surface area contributed by atoms with Crippen LogP contribution < -0.4 is 10.1 Å². The second-order valence-electron chi connectivity index (χ2n) is 6.07. The molecule has 3 rings (SSSR count). The van der Waals surface area contributed by atoms with E-state index in [4.69, 9.17) is 51.1 Å². The largest absolute Gasteiger partial charge is 0.423 e. The number of hydrogen-bond donors (Lipinski definition) is 1. The second-order valence-corrected chi connectivity index (χ2v) is 7.76. The van der Waals surface area contributed by atoms with Gasteiger partial charge in [0.25, 0.3) is 5.91 Å². The quantitative estimate of drug-likeness (QED) is 0.328. The highest BCUT2D eigenvalue weighted by Crippen LogP contribution is 2.27. The predicted molar refractivity (Wildman–Crippen MR) is 117 cm³/mol. The first-order chi connectivity index (χ1) is 13.7. The Labute approximate surface area is 187 Å². The molecule has 0 atom stereocenters. The number of ether oxygens (including phenoxy) is 1. The Morgan fingerprint density at radius 2 is 1.38 bits per heavy atom. The van der Waals surface area contributed by atoms with Gasteiger partial charge in [0, 0.05) is 15.7 Å². The first kappa shape index (κ1) is 21.5. The number of esters is 1. The van der Waals surface area contributed by atoms with Crippen LogP contribution in [0.3, 0.4) is 0 Å². The summed E-state index contributed by atoms with van der Waals surface area (Å²) in [5, 5.41) is 4.08. The van der Waals surface area contributed by atoms with E-state index in [1.807, 2.05) is 0 Å². The van der Waals surface area contributed by atoms with Gasteiger partial charge in [0.15, 0.2) is 0 Å². The summed E-state index contributed by atoms with van der Waals surface area (Å²) in [5.74, 6) is -0.690. The zero-order valence-electron chi connectivity index (χ0n) is 14.9. The minimum Gasteiger partial charge on any atom is -0.423 e. The smallest absolute Gasteiger partial charge is 0.345 e. The van der Waals surface area contributed by atoms with Crippen molar-refractivity contribution in [1.29, 1.82) is 0 Å². The van der Waals surface area contributed by atoms with Crippen LogP contribution in [-0.2, 0) is 0 Å². The van der Waals surface area contributed by atoms with E-state index >= 15 is 0 Å². The number of anilines is 1. The third-order valence-electron chi connectivity index (χ3n) is 3.98. The molecule has 1 N–H and O–H groups in total. The molecule has 0 aliphatic carbocycles. The minimum absolute atomic E-state index is 0.197. The average Bonchev–Trinajstić information content (AvgIpc) is 2.63. The molecule has 148 valence electrons. The first-order valence-corrected chi connectivity index (χ1v) is 9.80. The number of hydrogen-bond acceptors (Lipinski definition) is 3. The van der Waals surface area contributed by atoms with Crippen LogP contribution in [0.25, 0.3) is 0 Å². The number of carbonyl (C=O) groups excluding carboxylic acids is 2. The SMILES string of the molecule is Cc1cc(OC(=O)c2ccc(Cl)cc2Cl)ccc1NC(=O)c1ccc(Cl)cc1Cl. The lowest BCUT2D eigenvalue weighted by molar-refractivity contribution is 0.0734. The predicted octanol–water partition coefficient (Wildman–Crippen LogP) is 7.08. The number of amides is 1. The fourth-order valence-corrected chi connectivity index (χ4v) is 3.50. The Balaban J connectivity index is 1.74. The molecule has 0 unspecified atom stereocenters. The summed E-state index contributed by atoms with van der Waals surface area (Å²) in [5.41, 5.74) is 1.73. The molecule has 8 heteroatoms. The van der Waals surface area contributed by atoms with Crippen LogP contribution in [0.1, 0.15) is 26.3 Å².